The Labute approximate surface area is 107 Å². The van der Waals surface area contributed by atoms with Crippen LogP contribution in [0.1, 0.15) is 59.3 Å². The van der Waals surface area contributed by atoms with Crippen molar-refractivity contribution in [2.45, 2.75) is 59.3 Å². The second-order valence-electron chi connectivity index (χ2n) is 5.93. The van der Waals surface area contributed by atoms with Gasteiger partial charge >= 0.3 is 0 Å². The number of hydrogen-bond acceptors (Lipinski definition) is 2. The number of rotatable bonds is 2. The van der Waals surface area contributed by atoms with Gasteiger partial charge in [0.25, 0.3) is 0 Å². The van der Waals surface area contributed by atoms with Crippen LogP contribution in [0.4, 0.5) is 0 Å². The molecule has 1 rings (SSSR count). The Morgan fingerprint density at radius 1 is 1.29 bits per heavy atom. The molecule has 0 aromatic heterocycles. The van der Waals surface area contributed by atoms with Crippen molar-refractivity contribution in [1.82, 2.24) is 4.90 Å². The molecule has 100 valence electrons. The van der Waals surface area contributed by atoms with Crippen LogP contribution in [-0.2, 0) is 4.79 Å². The fourth-order valence-electron chi connectivity index (χ4n) is 2.95. The van der Waals surface area contributed by atoms with E-state index in [1.165, 1.54) is 6.42 Å². The molecule has 2 nitrogen and oxygen atoms in total. The third kappa shape index (κ3) is 3.80. The highest BCUT2D eigenvalue weighted by atomic mass is 16.1. The van der Waals surface area contributed by atoms with E-state index in [0.717, 1.165) is 45.2 Å². The van der Waals surface area contributed by atoms with Gasteiger partial charge in [-0.2, -0.15) is 0 Å². The number of carbonyl (C=O) groups is 1. The van der Waals surface area contributed by atoms with E-state index in [0.29, 0.717) is 11.7 Å². The molecule has 0 amide bonds. The van der Waals surface area contributed by atoms with Crippen molar-refractivity contribution < 1.29 is 4.79 Å². The molecule has 1 aliphatic heterocycles. The van der Waals surface area contributed by atoms with Gasteiger partial charge in [-0.1, -0.05) is 20.8 Å². The Hall–Kier alpha value is -0.370. The summed E-state index contributed by atoms with van der Waals surface area (Å²) in [4.78, 5) is 15.0. The fraction of sp³-hybridized carbons (Fsp3) is 0.933. The average molecular weight is 239 g/mol. The molecule has 1 aliphatic rings. The normalized spacial score (nSPS) is 33.6. The summed E-state index contributed by atoms with van der Waals surface area (Å²) in [6.07, 6.45) is 6.46. The van der Waals surface area contributed by atoms with Crippen LogP contribution in [0, 0.1) is 11.3 Å². The van der Waals surface area contributed by atoms with E-state index in [1.807, 2.05) is 0 Å². The lowest BCUT2D eigenvalue weighted by Gasteiger charge is -2.33. The largest absolute Gasteiger partial charge is 0.306 e. The quantitative estimate of drug-likeness (QED) is 0.735. The van der Waals surface area contributed by atoms with Crippen molar-refractivity contribution in [3.8, 4) is 0 Å². The van der Waals surface area contributed by atoms with Gasteiger partial charge in [0.15, 0.2) is 0 Å². The van der Waals surface area contributed by atoms with E-state index in [1.54, 1.807) is 0 Å². The van der Waals surface area contributed by atoms with Crippen LogP contribution in [0.15, 0.2) is 0 Å². The van der Waals surface area contributed by atoms with Gasteiger partial charge in [-0.05, 0) is 58.7 Å². The van der Waals surface area contributed by atoms with Crippen LogP contribution in [0.25, 0.3) is 0 Å². The molecule has 0 aromatic rings. The van der Waals surface area contributed by atoms with E-state index in [4.69, 9.17) is 0 Å². The van der Waals surface area contributed by atoms with Crippen LogP contribution in [0.2, 0.25) is 0 Å². The first-order chi connectivity index (χ1) is 8.03. The molecular formula is C15H29NO. The molecule has 0 bridgehead atoms. The predicted octanol–water partition coefficient (Wildman–Crippen LogP) is 3.50. The van der Waals surface area contributed by atoms with Crippen molar-refractivity contribution in [2.24, 2.45) is 11.3 Å². The zero-order valence-electron chi connectivity index (χ0n) is 12.1. The Balaban J connectivity index is 2.78. The van der Waals surface area contributed by atoms with Crippen LogP contribution in [0.5, 0.6) is 0 Å². The lowest BCUT2D eigenvalue weighted by atomic mass is 9.72. The SMILES string of the molecule is CCC1CCCN(C)CCCC(C)(CC)C1=O. The fourth-order valence-corrected chi connectivity index (χ4v) is 2.95. The second kappa shape index (κ2) is 6.53. The summed E-state index contributed by atoms with van der Waals surface area (Å²) in [5.74, 6) is 0.832. The van der Waals surface area contributed by atoms with Crippen LogP contribution >= 0.6 is 0 Å². The van der Waals surface area contributed by atoms with Crippen LogP contribution in [0.3, 0.4) is 0 Å². The van der Waals surface area contributed by atoms with E-state index in [-0.39, 0.29) is 5.41 Å². The number of Topliss-reactive ketones (excluding diaryl/α,β-unsaturated/α-hetero) is 1. The summed E-state index contributed by atoms with van der Waals surface area (Å²) in [5, 5.41) is 0. The highest BCUT2D eigenvalue weighted by Crippen LogP contribution is 2.34. The number of carbonyl (C=O) groups excluding carboxylic acids is 1. The lowest BCUT2D eigenvalue weighted by molar-refractivity contribution is -0.133. The van der Waals surface area contributed by atoms with E-state index in [9.17, 15) is 4.79 Å². The molecule has 0 radical (unpaired) electrons. The predicted molar refractivity (Wildman–Crippen MR) is 73.2 cm³/mol. The van der Waals surface area contributed by atoms with Crippen molar-refractivity contribution in [3.63, 3.8) is 0 Å². The number of hydrogen-bond donors (Lipinski definition) is 0. The van der Waals surface area contributed by atoms with Gasteiger partial charge in [-0.25, -0.2) is 0 Å². The van der Waals surface area contributed by atoms with Gasteiger partial charge < -0.3 is 4.90 Å². The second-order valence-corrected chi connectivity index (χ2v) is 5.93. The summed E-state index contributed by atoms with van der Waals surface area (Å²) < 4.78 is 0. The van der Waals surface area contributed by atoms with Crippen molar-refractivity contribution in [2.75, 3.05) is 20.1 Å². The zero-order chi connectivity index (χ0) is 12.9. The van der Waals surface area contributed by atoms with Gasteiger partial charge in [0.05, 0.1) is 0 Å². The summed E-state index contributed by atoms with van der Waals surface area (Å²) in [7, 11) is 2.20. The van der Waals surface area contributed by atoms with Crippen molar-refractivity contribution in [3.05, 3.63) is 0 Å². The first kappa shape index (κ1) is 14.7. The summed E-state index contributed by atoms with van der Waals surface area (Å²) in [6.45, 7) is 8.79. The molecule has 2 atom stereocenters. The monoisotopic (exact) mass is 239 g/mol. The highest BCUT2D eigenvalue weighted by Gasteiger charge is 2.35. The maximum atomic E-state index is 12.6. The van der Waals surface area contributed by atoms with Gasteiger partial charge in [0, 0.05) is 11.3 Å². The van der Waals surface area contributed by atoms with Gasteiger partial charge in [0.1, 0.15) is 5.78 Å². The van der Waals surface area contributed by atoms with Crippen molar-refractivity contribution >= 4 is 5.78 Å². The Morgan fingerprint density at radius 3 is 2.53 bits per heavy atom. The molecule has 1 saturated heterocycles. The smallest absolute Gasteiger partial charge is 0.141 e. The summed E-state index contributed by atoms with van der Waals surface area (Å²) in [5.41, 5.74) is -0.0706. The minimum atomic E-state index is -0.0706. The number of nitrogens with zero attached hydrogens (tertiary/aromatic N) is 1. The molecule has 1 heterocycles. The molecule has 0 aromatic carbocycles. The number of ketones is 1. The van der Waals surface area contributed by atoms with E-state index in [2.05, 4.69) is 32.7 Å². The summed E-state index contributed by atoms with van der Waals surface area (Å²) >= 11 is 0. The Bertz CT molecular complexity index is 251. The van der Waals surface area contributed by atoms with Crippen LogP contribution < -0.4 is 0 Å². The first-order valence-corrected chi connectivity index (χ1v) is 7.26. The minimum Gasteiger partial charge on any atom is -0.306 e. The topological polar surface area (TPSA) is 20.3 Å². The molecule has 2 unspecified atom stereocenters. The van der Waals surface area contributed by atoms with Gasteiger partial charge in [0.2, 0.25) is 0 Å². The molecule has 1 fully saturated rings. The van der Waals surface area contributed by atoms with E-state index < -0.39 is 0 Å². The zero-order valence-corrected chi connectivity index (χ0v) is 12.1. The maximum Gasteiger partial charge on any atom is 0.141 e. The Morgan fingerprint density at radius 2 is 1.94 bits per heavy atom. The lowest BCUT2D eigenvalue weighted by Crippen LogP contribution is -2.35. The van der Waals surface area contributed by atoms with Gasteiger partial charge in [-0.15, -0.1) is 0 Å². The standard InChI is InChI=1S/C15H29NO/c1-5-13-9-7-11-16(4)12-8-10-15(3,6-2)14(13)17/h13H,5-12H2,1-4H3. The Kier molecular flexibility index (Phi) is 5.64. The molecule has 17 heavy (non-hydrogen) atoms. The molecular weight excluding hydrogens is 210 g/mol. The maximum absolute atomic E-state index is 12.6. The molecule has 0 saturated carbocycles. The first-order valence-electron chi connectivity index (χ1n) is 7.26. The summed E-state index contributed by atoms with van der Waals surface area (Å²) in [6, 6.07) is 0. The van der Waals surface area contributed by atoms with Crippen LogP contribution in [-0.4, -0.2) is 30.8 Å². The van der Waals surface area contributed by atoms with Crippen molar-refractivity contribution in [1.29, 1.82) is 0 Å². The minimum absolute atomic E-state index is 0.0706. The third-order valence-electron chi connectivity index (χ3n) is 4.60. The third-order valence-corrected chi connectivity index (χ3v) is 4.60. The molecule has 2 heteroatoms. The average Bonchev–Trinajstić information content (AvgIpc) is 2.33. The molecule has 0 N–H and O–H groups in total. The highest BCUT2D eigenvalue weighted by molar-refractivity contribution is 5.86. The molecule has 0 spiro atoms. The molecule has 0 aliphatic carbocycles. The van der Waals surface area contributed by atoms with Gasteiger partial charge in [-0.3, -0.25) is 4.79 Å². The van der Waals surface area contributed by atoms with E-state index >= 15 is 0 Å².